The molecular formula is C33H40N4OS2. The number of nitrogens with zero attached hydrogens (tertiary/aromatic N) is 3. The summed E-state index contributed by atoms with van der Waals surface area (Å²) >= 11 is 2.81. The maximum absolute atomic E-state index is 11.1. The third kappa shape index (κ3) is 11.5. The molecule has 1 aromatic heterocycles. The van der Waals surface area contributed by atoms with Crippen molar-refractivity contribution in [1.29, 1.82) is 0 Å². The Labute approximate surface area is 249 Å². The van der Waals surface area contributed by atoms with Gasteiger partial charge in [-0.2, -0.15) is 15.0 Å². The zero-order valence-corrected chi connectivity index (χ0v) is 26.4. The fraction of sp³-hybridized carbons (Fsp3) is 0.485. The Hall–Kier alpha value is -3.23. The number of benzene rings is 1. The molecule has 0 radical (unpaired) electrons. The van der Waals surface area contributed by atoms with Gasteiger partial charge in [-0.15, -0.1) is 6.42 Å². The van der Waals surface area contributed by atoms with Gasteiger partial charge in [0.1, 0.15) is 5.75 Å². The fourth-order valence-electron chi connectivity index (χ4n) is 3.76. The molecule has 0 aliphatic heterocycles. The second-order valence-corrected chi connectivity index (χ2v) is 13.2. The van der Waals surface area contributed by atoms with Gasteiger partial charge >= 0.3 is 0 Å². The summed E-state index contributed by atoms with van der Waals surface area (Å²) in [5, 5.41) is 18.5. The number of nitrogens with one attached hydrogen (secondary N) is 1. The molecule has 0 bridgehead atoms. The quantitative estimate of drug-likeness (QED) is 0.122. The molecule has 0 spiro atoms. The third-order valence-corrected chi connectivity index (χ3v) is 7.32. The molecule has 5 nitrogen and oxygen atoms in total. The second-order valence-electron chi connectivity index (χ2n) is 11.4. The minimum atomic E-state index is -0.249. The van der Waals surface area contributed by atoms with Crippen LogP contribution in [0.4, 0.5) is 11.6 Å². The molecule has 0 fully saturated rings. The van der Waals surface area contributed by atoms with Crippen LogP contribution in [0.3, 0.4) is 0 Å². The van der Waals surface area contributed by atoms with Gasteiger partial charge in [0.15, 0.2) is 5.16 Å². The van der Waals surface area contributed by atoms with Gasteiger partial charge in [-0.1, -0.05) is 92.3 Å². The molecule has 2 aromatic rings. The van der Waals surface area contributed by atoms with Gasteiger partial charge in [0.05, 0.1) is 0 Å². The number of rotatable bonds is 11. The Kier molecular flexibility index (Phi) is 13.3. The molecule has 0 amide bonds. The summed E-state index contributed by atoms with van der Waals surface area (Å²) in [4.78, 5) is 13.9. The summed E-state index contributed by atoms with van der Waals surface area (Å²) in [6.45, 7) is 14.8. The number of phenolic OH excluding ortho intramolecular Hbond substituents is 1. The Morgan fingerprint density at radius 2 is 1.38 bits per heavy atom. The molecule has 0 aliphatic rings. The molecule has 0 aliphatic carbocycles. The van der Waals surface area contributed by atoms with Crippen LogP contribution in [0.25, 0.3) is 0 Å². The van der Waals surface area contributed by atoms with E-state index in [2.05, 4.69) is 105 Å². The minimum absolute atomic E-state index is 0.249. The molecule has 2 rings (SSSR count). The average molecular weight is 573 g/mol. The van der Waals surface area contributed by atoms with E-state index in [-0.39, 0.29) is 10.8 Å². The first kappa shape index (κ1) is 33.0. The molecule has 7 heteroatoms. The van der Waals surface area contributed by atoms with E-state index in [1.54, 1.807) is 11.8 Å². The number of hydrogen-bond donors (Lipinski definition) is 2. The SMILES string of the molecule is C#CC#CC#CC#CSc1nc(Nc2cc(C(C)(C)C)c(O)c(C(C)(C)C)c2)nc(SCCCCCCCC)n1. The van der Waals surface area contributed by atoms with Gasteiger partial charge in [-0.25, -0.2) is 0 Å². The first-order chi connectivity index (χ1) is 19.0. The molecule has 2 N–H and O–H groups in total. The highest BCUT2D eigenvalue weighted by Crippen LogP contribution is 2.41. The maximum Gasteiger partial charge on any atom is 0.232 e. The topological polar surface area (TPSA) is 70.9 Å². The monoisotopic (exact) mass is 572 g/mol. The first-order valence-electron chi connectivity index (χ1n) is 13.6. The minimum Gasteiger partial charge on any atom is -0.507 e. The lowest BCUT2D eigenvalue weighted by Crippen LogP contribution is -2.18. The Bertz CT molecular complexity index is 1340. The van der Waals surface area contributed by atoms with Crippen LogP contribution in [-0.2, 0) is 10.8 Å². The van der Waals surface area contributed by atoms with Crippen molar-refractivity contribution in [2.24, 2.45) is 0 Å². The molecule has 210 valence electrons. The average Bonchev–Trinajstić information content (AvgIpc) is 2.87. The number of anilines is 2. The molecular weight excluding hydrogens is 533 g/mol. The molecule has 0 saturated heterocycles. The molecule has 1 aromatic carbocycles. The lowest BCUT2D eigenvalue weighted by atomic mass is 9.79. The van der Waals surface area contributed by atoms with Gasteiger partial charge in [0, 0.05) is 34.3 Å². The van der Waals surface area contributed by atoms with Gasteiger partial charge < -0.3 is 10.4 Å². The highest BCUT2D eigenvalue weighted by Gasteiger charge is 2.27. The maximum atomic E-state index is 11.1. The van der Waals surface area contributed by atoms with E-state index < -0.39 is 0 Å². The second kappa shape index (κ2) is 16.1. The van der Waals surface area contributed by atoms with Crippen LogP contribution in [0.5, 0.6) is 5.75 Å². The number of aromatic hydroxyl groups is 1. The predicted octanol–water partition coefficient (Wildman–Crippen LogP) is 8.06. The van der Waals surface area contributed by atoms with Crippen LogP contribution >= 0.6 is 23.5 Å². The van der Waals surface area contributed by atoms with Crippen molar-refractivity contribution in [1.82, 2.24) is 15.0 Å². The third-order valence-electron chi connectivity index (χ3n) is 5.82. The van der Waals surface area contributed by atoms with Gasteiger partial charge in [0.2, 0.25) is 11.1 Å². The van der Waals surface area contributed by atoms with Crippen molar-refractivity contribution >= 4 is 35.2 Å². The van der Waals surface area contributed by atoms with Crippen molar-refractivity contribution in [3.05, 3.63) is 23.3 Å². The van der Waals surface area contributed by atoms with Crippen molar-refractivity contribution in [3.63, 3.8) is 0 Å². The van der Waals surface area contributed by atoms with Crippen molar-refractivity contribution < 1.29 is 5.11 Å². The highest BCUT2D eigenvalue weighted by atomic mass is 32.2. The standard InChI is InChI=1S/C33H40N4OS2/c1-9-11-13-15-17-19-21-39-30-35-29(36-31(37-30)40-22-20-18-16-14-12-10-2)34-25-23-26(32(3,4)5)28(38)27(24-25)33(6,7)8/h1,23-24,38H,10,12,14,16,18,20,22H2,2-8H3,(H,34,35,36,37). The highest BCUT2D eigenvalue weighted by molar-refractivity contribution is 8.03. The van der Waals surface area contributed by atoms with Crippen molar-refractivity contribution in [3.8, 4) is 52.9 Å². The lowest BCUT2D eigenvalue weighted by molar-refractivity contribution is 0.423. The summed E-state index contributed by atoms with van der Waals surface area (Å²) in [5.41, 5.74) is 2.04. The summed E-state index contributed by atoms with van der Waals surface area (Å²) in [6.07, 6.45) is 12.5. The smallest absolute Gasteiger partial charge is 0.232 e. The lowest BCUT2D eigenvalue weighted by Gasteiger charge is -2.28. The normalized spacial score (nSPS) is 10.8. The first-order valence-corrected chi connectivity index (χ1v) is 15.4. The van der Waals surface area contributed by atoms with Gasteiger partial charge in [-0.05, 0) is 70.2 Å². The number of hydrogen-bond acceptors (Lipinski definition) is 7. The van der Waals surface area contributed by atoms with Crippen molar-refractivity contribution in [2.45, 2.75) is 108 Å². The molecule has 0 saturated carbocycles. The van der Waals surface area contributed by atoms with E-state index in [1.165, 1.54) is 43.9 Å². The van der Waals surface area contributed by atoms with Crippen LogP contribution in [-0.4, -0.2) is 25.8 Å². The van der Waals surface area contributed by atoms with E-state index in [4.69, 9.17) is 11.4 Å². The number of aromatic nitrogens is 3. The molecule has 0 atom stereocenters. The zero-order chi connectivity index (χ0) is 29.6. The van der Waals surface area contributed by atoms with Crippen LogP contribution in [0.2, 0.25) is 0 Å². The molecule has 1 heterocycles. The Balaban J connectivity index is 2.35. The van der Waals surface area contributed by atoms with Crippen LogP contribution < -0.4 is 5.32 Å². The van der Waals surface area contributed by atoms with Crippen LogP contribution in [0.15, 0.2) is 22.4 Å². The zero-order valence-electron chi connectivity index (χ0n) is 24.8. The predicted molar refractivity (Wildman–Crippen MR) is 171 cm³/mol. The van der Waals surface area contributed by atoms with Gasteiger partial charge in [-0.3, -0.25) is 0 Å². The van der Waals surface area contributed by atoms with Crippen molar-refractivity contribution in [2.75, 3.05) is 11.1 Å². The van der Waals surface area contributed by atoms with E-state index in [0.29, 0.717) is 22.0 Å². The molecule has 0 unspecified atom stereocenters. The molecule has 40 heavy (non-hydrogen) atoms. The fourth-order valence-corrected chi connectivity index (χ4v) is 5.10. The van der Waals surface area contributed by atoms with E-state index in [1.807, 2.05) is 12.1 Å². The van der Waals surface area contributed by atoms with E-state index in [0.717, 1.165) is 29.0 Å². The summed E-state index contributed by atoms with van der Waals surface area (Å²) < 4.78 is 0. The van der Waals surface area contributed by atoms with Crippen LogP contribution in [0.1, 0.15) is 98.1 Å². The summed E-state index contributed by atoms with van der Waals surface area (Å²) in [5.74, 6) is 16.8. The number of thioether (sulfide) groups is 2. The Morgan fingerprint density at radius 1 is 0.800 bits per heavy atom. The summed E-state index contributed by atoms with van der Waals surface area (Å²) in [6, 6.07) is 3.94. The van der Waals surface area contributed by atoms with Gasteiger partial charge in [0.25, 0.3) is 0 Å². The largest absolute Gasteiger partial charge is 0.507 e. The number of phenols is 1. The van der Waals surface area contributed by atoms with Crippen LogP contribution in [0, 0.1) is 47.2 Å². The van der Waals surface area contributed by atoms with E-state index >= 15 is 0 Å². The van der Waals surface area contributed by atoms with E-state index in [9.17, 15) is 5.11 Å². The Morgan fingerprint density at radius 3 is 2.00 bits per heavy atom. The summed E-state index contributed by atoms with van der Waals surface area (Å²) in [7, 11) is 0. The number of unbranched alkanes of at least 4 members (excludes halogenated alkanes) is 5. The number of terminal acetylenes is 1.